The molecule has 2 nitrogen and oxygen atoms in total. The first kappa shape index (κ1) is 13.3. The van der Waals surface area contributed by atoms with Gasteiger partial charge in [0.1, 0.15) is 0 Å². The maximum absolute atomic E-state index is 2.52. The lowest BCUT2D eigenvalue weighted by Crippen LogP contribution is -2.29. The zero-order valence-electron chi connectivity index (χ0n) is 9.55. The van der Waals surface area contributed by atoms with Gasteiger partial charge in [-0.05, 0) is 52.8 Å². The Labute approximate surface area is 87.8 Å². The summed E-state index contributed by atoms with van der Waals surface area (Å²) in [6, 6.07) is 0. The molecule has 13 heavy (non-hydrogen) atoms. The van der Waals surface area contributed by atoms with Crippen molar-refractivity contribution in [1.29, 1.82) is 0 Å². The van der Waals surface area contributed by atoms with E-state index in [2.05, 4.69) is 11.8 Å². The first-order valence-electron chi connectivity index (χ1n) is 5.14. The molecular weight excluding hydrogens is 180 g/mol. The zero-order valence-corrected chi connectivity index (χ0v) is 10.4. The minimum Gasteiger partial charge on any atom is -0.304 e. The van der Waals surface area contributed by atoms with E-state index in [1.54, 1.807) is 11.9 Å². The van der Waals surface area contributed by atoms with E-state index in [1.807, 2.05) is 24.7 Å². The molecule has 0 aromatic carbocycles. The number of rotatable bonds is 2. The maximum atomic E-state index is 2.52. The van der Waals surface area contributed by atoms with Crippen LogP contribution in [0.5, 0.6) is 0 Å². The summed E-state index contributed by atoms with van der Waals surface area (Å²) in [6.07, 6.45) is 6.35. The lowest BCUT2D eigenvalue weighted by molar-refractivity contribution is 0.240. The number of piperidine rings is 1. The van der Waals surface area contributed by atoms with E-state index in [4.69, 9.17) is 0 Å². The highest BCUT2D eigenvalue weighted by Gasteiger charge is 2.05. The third-order valence-corrected chi connectivity index (χ3v) is 2.99. The van der Waals surface area contributed by atoms with Crippen LogP contribution in [-0.4, -0.2) is 49.2 Å². The molecule has 80 valence electrons. The van der Waals surface area contributed by atoms with Gasteiger partial charge in [-0.15, -0.1) is 0 Å². The Balaban J connectivity index is 0.000000252. The second-order valence-electron chi connectivity index (χ2n) is 3.49. The molecule has 0 saturated carbocycles. The van der Waals surface area contributed by atoms with Gasteiger partial charge in [0.25, 0.3) is 0 Å². The van der Waals surface area contributed by atoms with Crippen molar-refractivity contribution < 1.29 is 0 Å². The van der Waals surface area contributed by atoms with Crippen molar-refractivity contribution in [3.8, 4) is 0 Å². The average molecular weight is 204 g/mol. The highest BCUT2D eigenvalue weighted by Crippen LogP contribution is 2.06. The van der Waals surface area contributed by atoms with Gasteiger partial charge >= 0.3 is 0 Å². The molecule has 3 heteroatoms. The third-order valence-electron chi connectivity index (χ3n) is 2.26. The Bertz CT molecular complexity index is 101. The average Bonchev–Trinajstić information content (AvgIpc) is 2.20. The van der Waals surface area contributed by atoms with Crippen molar-refractivity contribution >= 4 is 11.9 Å². The lowest BCUT2D eigenvalue weighted by atomic mass is 10.1. The molecule has 0 N–H and O–H groups in total. The molecule has 0 atom stereocenters. The van der Waals surface area contributed by atoms with Gasteiger partial charge in [-0.2, -0.15) is 0 Å². The molecule has 1 aliphatic heterocycles. The van der Waals surface area contributed by atoms with Gasteiger partial charge in [0.05, 0.1) is 0 Å². The van der Waals surface area contributed by atoms with Crippen LogP contribution in [0, 0.1) is 0 Å². The van der Waals surface area contributed by atoms with Crippen LogP contribution in [0.2, 0.25) is 0 Å². The van der Waals surface area contributed by atoms with E-state index in [0.29, 0.717) is 0 Å². The molecule has 0 spiro atoms. The van der Waals surface area contributed by atoms with Crippen molar-refractivity contribution in [1.82, 2.24) is 9.21 Å². The number of hydrogen-bond donors (Lipinski definition) is 0. The van der Waals surface area contributed by atoms with Gasteiger partial charge in [-0.25, -0.2) is 0 Å². The van der Waals surface area contributed by atoms with Crippen LogP contribution in [0.25, 0.3) is 0 Å². The van der Waals surface area contributed by atoms with E-state index in [9.17, 15) is 0 Å². The highest BCUT2D eigenvalue weighted by molar-refractivity contribution is 7.96. The predicted octanol–water partition coefficient (Wildman–Crippen LogP) is 2.32. The minimum absolute atomic E-state index is 1.25. The molecule has 0 aliphatic carbocycles. The molecule has 0 bridgehead atoms. The topological polar surface area (TPSA) is 6.48 Å². The molecule has 1 aliphatic rings. The van der Waals surface area contributed by atoms with Crippen LogP contribution in [-0.2, 0) is 0 Å². The summed E-state index contributed by atoms with van der Waals surface area (Å²) in [5, 5.41) is 0. The Morgan fingerprint density at radius 3 is 1.85 bits per heavy atom. The Hall–Kier alpha value is 0.270. The minimum atomic E-state index is 1.25. The van der Waals surface area contributed by atoms with Crippen molar-refractivity contribution in [2.45, 2.75) is 26.2 Å². The van der Waals surface area contributed by atoms with Gasteiger partial charge in [0, 0.05) is 0 Å². The van der Waals surface area contributed by atoms with E-state index in [0.717, 1.165) is 0 Å². The summed E-state index contributed by atoms with van der Waals surface area (Å²) < 4.78 is 2.04. The fourth-order valence-corrected chi connectivity index (χ4v) is 1.28. The van der Waals surface area contributed by atoms with Crippen molar-refractivity contribution in [2.75, 3.05) is 40.0 Å². The van der Waals surface area contributed by atoms with Crippen molar-refractivity contribution in [3.05, 3.63) is 0 Å². The quantitative estimate of drug-likeness (QED) is 0.637. The molecule has 0 aromatic rings. The summed E-state index contributed by atoms with van der Waals surface area (Å²) >= 11 is 1.71. The smallest absolute Gasteiger partial charge is 0.00188 e. The predicted molar refractivity (Wildman–Crippen MR) is 63.2 cm³/mol. The van der Waals surface area contributed by atoms with Gasteiger partial charge < -0.3 is 4.90 Å². The molecule has 1 rings (SSSR count). The fraction of sp³-hybridized carbons (Fsp3) is 1.00. The Morgan fingerprint density at radius 1 is 1.15 bits per heavy atom. The van der Waals surface area contributed by atoms with Crippen LogP contribution >= 0.6 is 11.9 Å². The molecular formula is C10H24N2S. The SMILES string of the molecule is CCN1CCCCC1.CSN(C)C. The van der Waals surface area contributed by atoms with Crippen LogP contribution < -0.4 is 0 Å². The second-order valence-corrected chi connectivity index (χ2v) is 4.59. The molecule has 0 amide bonds. The fourth-order valence-electron chi connectivity index (χ4n) is 1.28. The van der Waals surface area contributed by atoms with Gasteiger partial charge in [0.2, 0.25) is 0 Å². The first-order chi connectivity index (χ1) is 6.20. The summed E-state index contributed by atoms with van der Waals surface area (Å²) in [5.74, 6) is 0. The molecule has 0 radical (unpaired) electrons. The van der Waals surface area contributed by atoms with Gasteiger partial charge in [-0.1, -0.05) is 25.3 Å². The first-order valence-corrected chi connectivity index (χ1v) is 6.32. The van der Waals surface area contributed by atoms with E-state index in [-0.39, 0.29) is 0 Å². The van der Waals surface area contributed by atoms with Crippen molar-refractivity contribution in [3.63, 3.8) is 0 Å². The van der Waals surface area contributed by atoms with Gasteiger partial charge in [-0.3, -0.25) is 4.31 Å². The summed E-state index contributed by atoms with van der Waals surface area (Å²) in [5.41, 5.74) is 0. The Morgan fingerprint density at radius 2 is 1.62 bits per heavy atom. The number of nitrogens with zero attached hydrogens (tertiary/aromatic N) is 2. The normalized spacial score (nSPS) is 18.2. The second kappa shape index (κ2) is 8.85. The van der Waals surface area contributed by atoms with Crippen LogP contribution in [0.1, 0.15) is 26.2 Å². The summed E-state index contributed by atoms with van der Waals surface area (Å²) in [4.78, 5) is 2.52. The van der Waals surface area contributed by atoms with Gasteiger partial charge in [0.15, 0.2) is 0 Å². The zero-order chi connectivity index (χ0) is 10.1. The molecule has 1 heterocycles. The van der Waals surface area contributed by atoms with Crippen LogP contribution in [0.15, 0.2) is 0 Å². The summed E-state index contributed by atoms with van der Waals surface area (Å²) in [7, 11) is 4.04. The monoisotopic (exact) mass is 204 g/mol. The number of likely N-dealkylation sites (tertiary alicyclic amines) is 1. The van der Waals surface area contributed by atoms with E-state index < -0.39 is 0 Å². The van der Waals surface area contributed by atoms with Crippen molar-refractivity contribution in [2.24, 2.45) is 0 Å². The third kappa shape index (κ3) is 8.60. The van der Waals surface area contributed by atoms with E-state index >= 15 is 0 Å². The van der Waals surface area contributed by atoms with Crippen LogP contribution in [0.3, 0.4) is 0 Å². The highest BCUT2D eigenvalue weighted by atomic mass is 32.2. The number of hydrogen-bond acceptors (Lipinski definition) is 3. The lowest BCUT2D eigenvalue weighted by Gasteiger charge is -2.24. The standard InChI is InChI=1S/C7H15N.C3H9NS/c1-2-8-6-4-3-5-7-8;1-4(2)5-3/h2-7H2,1H3;1-3H3. The molecule has 1 saturated heterocycles. The molecule has 0 unspecified atom stereocenters. The Kier molecular flexibility index (Phi) is 9.03. The van der Waals surface area contributed by atoms with Crippen LogP contribution in [0.4, 0.5) is 0 Å². The summed E-state index contributed by atoms with van der Waals surface area (Å²) in [6.45, 7) is 6.18. The van der Waals surface area contributed by atoms with E-state index in [1.165, 1.54) is 38.9 Å². The largest absolute Gasteiger partial charge is 0.304 e. The molecule has 0 aromatic heterocycles. The maximum Gasteiger partial charge on any atom is -0.00188 e. The molecule has 1 fully saturated rings.